The van der Waals surface area contributed by atoms with E-state index in [4.69, 9.17) is 0 Å². The highest BCUT2D eigenvalue weighted by Crippen LogP contribution is 2.39. The summed E-state index contributed by atoms with van der Waals surface area (Å²) in [7, 11) is -3.96. The van der Waals surface area contributed by atoms with E-state index in [0.29, 0.717) is 12.1 Å². The number of carbonyl (C=O) groups is 2. The van der Waals surface area contributed by atoms with E-state index in [-0.39, 0.29) is 5.56 Å². The highest BCUT2D eigenvalue weighted by atomic mass is 32.2. The SMILES string of the molecule is CC(C)S(=O)(=O)C1(C(=O)NCc2cc(F)cc(C(F)(F)F)c2)CC(=O)C1. The Kier molecular flexibility index (Phi) is 5.19. The molecular formula is C16H17F4NO4S. The van der Waals surface area contributed by atoms with E-state index in [1.54, 1.807) is 0 Å². The molecule has 26 heavy (non-hydrogen) atoms. The molecule has 10 heteroatoms. The van der Waals surface area contributed by atoms with Gasteiger partial charge in [0.2, 0.25) is 5.91 Å². The Balaban J connectivity index is 2.23. The van der Waals surface area contributed by atoms with E-state index in [1.165, 1.54) is 13.8 Å². The van der Waals surface area contributed by atoms with E-state index in [0.717, 1.165) is 6.07 Å². The summed E-state index contributed by atoms with van der Waals surface area (Å²) in [4.78, 5) is 23.8. The van der Waals surface area contributed by atoms with E-state index in [9.17, 15) is 35.6 Å². The number of halogens is 4. The normalized spacial score (nSPS) is 17.1. The van der Waals surface area contributed by atoms with Gasteiger partial charge in [-0.25, -0.2) is 12.8 Å². The molecule has 144 valence electrons. The fraction of sp³-hybridized carbons (Fsp3) is 0.500. The molecular weight excluding hydrogens is 378 g/mol. The maximum Gasteiger partial charge on any atom is 0.416 e. The standard InChI is InChI=1S/C16H17F4NO4S/c1-9(2)26(24,25)15(6-13(22)7-15)14(23)21-8-10-3-11(16(18,19)20)5-12(17)4-10/h3-5,9H,6-8H2,1-2H3,(H,21,23). The summed E-state index contributed by atoms with van der Waals surface area (Å²) in [5.41, 5.74) is -1.39. The van der Waals surface area contributed by atoms with E-state index in [2.05, 4.69) is 5.32 Å². The largest absolute Gasteiger partial charge is 0.416 e. The van der Waals surface area contributed by atoms with Crippen molar-refractivity contribution in [3.63, 3.8) is 0 Å². The number of carbonyl (C=O) groups excluding carboxylic acids is 2. The van der Waals surface area contributed by atoms with Gasteiger partial charge in [0.25, 0.3) is 0 Å². The first-order valence-electron chi connectivity index (χ1n) is 7.70. The van der Waals surface area contributed by atoms with Crippen molar-refractivity contribution in [2.45, 2.75) is 49.4 Å². The van der Waals surface area contributed by atoms with E-state index >= 15 is 0 Å². The number of alkyl halides is 3. The zero-order valence-electron chi connectivity index (χ0n) is 14.0. The van der Waals surface area contributed by atoms with Gasteiger partial charge in [-0.2, -0.15) is 13.2 Å². The zero-order chi connectivity index (χ0) is 19.9. The van der Waals surface area contributed by atoms with Gasteiger partial charge >= 0.3 is 6.18 Å². The summed E-state index contributed by atoms with van der Waals surface area (Å²) in [5, 5.41) is 1.31. The lowest BCUT2D eigenvalue weighted by Crippen LogP contribution is -2.62. The smallest absolute Gasteiger partial charge is 0.351 e. The van der Waals surface area contributed by atoms with Crippen molar-refractivity contribution in [3.8, 4) is 0 Å². The summed E-state index contributed by atoms with van der Waals surface area (Å²) in [6.07, 6.45) is -5.71. The minimum absolute atomic E-state index is 0.173. The summed E-state index contributed by atoms with van der Waals surface area (Å²) in [6.45, 7) is 2.24. The summed E-state index contributed by atoms with van der Waals surface area (Å²) in [6, 6.07) is 1.80. The van der Waals surface area contributed by atoms with Gasteiger partial charge in [0.1, 0.15) is 11.6 Å². The molecule has 0 heterocycles. The second kappa shape index (κ2) is 6.64. The molecule has 0 saturated heterocycles. The van der Waals surface area contributed by atoms with Crippen LogP contribution in [0.4, 0.5) is 17.6 Å². The monoisotopic (exact) mass is 395 g/mol. The number of benzene rings is 1. The average molecular weight is 395 g/mol. The lowest BCUT2D eigenvalue weighted by molar-refractivity contribution is -0.137. The molecule has 0 unspecified atom stereocenters. The van der Waals surface area contributed by atoms with Crippen LogP contribution in [0.5, 0.6) is 0 Å². The number of sulfone groups is 1. The van der Waals surface area contributed by atoms with Gasteiger partial charge in [0, 0.05) is 19.4 Å². The Morgan fingerprint density at radius 3 is 2.27 bits per heavy atom. The second-order valence-corrected chi connectivity index (χ2v) is 9.32. The molecule has 2 rings (SSSR count). The van der Waals surface area contributed by atoms with E-state index in [1.807, 2.05) is 0 Å². The van der Waals surface area contributed by atoms with Crippen LogP contribution in [0.1, 0.15) is 37.8 Å². The fourth-order valence-corrected chi connectivity index (χ4v) is 4.74. The Labute approximate surface area is 147 Å². The predicted octanol–water partition coefficient (Wildman–Crippen LogP) is 2.39. The molecule has 0 aromatic heterocycles. The maximum atomic E-state index is 13.4. The first-order valence-corrected chi connectivity index (χ1v) is 9.24. The van der Waals surface area contributed by atoms with Gasteiger partial charge in [0.15, 0.2) is 14.6 Å². The second-order valence-electron chi connectivity index (χ2n) is 6.51. The van der Waals surface area contributed by atoms with Crippen LogP contribution in [0.15, 0.2) is 18.2 Å². The van der Waals surface area contributed by atoms with Crippen LogP contribution >= 0.6 is 0 Å². The molecule has 0 spiro atoms. The molecule has 1 aliphatic rings. The minimum atomic E-state index is -4.76. The van der Waals surface area contributed by atoms with Crippen molar-refractivity contribution >= 4 is 21.5 Å². The number of ketones is 1. The lowest BCUT2D eigenvalue weighted by atomic mass is 9.82. The van der Waals surface area contributed by atoms with Crippen molar-refractivity contribution < 1.29 is 35.6 Å². The Bertz CT molecular complexity index is 838. The first kappa shape index (κ1) is 20.3. The van der Waals surface area contributed by atoms with Crippen molar-refractivity contribution in [2.75, 3.05) is 0 Å². The van der Waals surface area contributed by atoms with Crippen LogP contribution in [0, 0.1) is 5.82 Å². The average Bonchev–Trinajstić information content (AvgIpc) is 2.47. The van der Waals surface area contributed by atoms with Crippen molar-refractivity contribution in [2.24, 2.45) is 0 Å². The van der Waals surface area contributed by atoms with Gasteiger partial charge in [0.05, 0.1) is 10.8 Å². The third-order valence-corrected chi connectivity index (χ3v) is 7.09. The van der Waals surface area contributed by atoms with Gasteiger partial charge in [-0.1, -0.05) is 0 Å². The van der Waals surface area contributed by atoms with Crippen LogP contribution in [0.25, 0.3) is 0 Å². The van der Waals surface area contributed by atoms with Gasteiger partial charge in [-0.3, -0.25) is 9.59 Å². The highest BCUT2D eigenvalue weighted by molar-refractivity contribution is 7.94. The summed E-state index contributed by atoms with van der Waals surface area (Å²) < 4.78 is 74.5. The highest BCUT2D eigenvalue weighted by Gasteiger charge is 2.60. The number of nitrogens with one attached hydrogen (secondary N) is 1. The molecule has 0 atom stereocenters. The van der Waals surface area contributed by atoms with Crippen LogP contribution < -0.4 is 5.32 Å². The number of amides is 1. The molecule has 1 amide bonds. The zero-order valence-corrected chi connectivity index (χ0v) is 14.8. The first-order chi connectivity index (χ1) is 11.8. The molecule has 1 aromatic rings. The van der Waals surface area contributed by atoms with Crippen molar-refractivity contribution in [1.29, 1.82) is 0 Å². The molecule has 5 nitrogen and oxygen atoms in total. The fourth-order valence-electron chi connectivity index (χ4n) is 2.79. The lowest BCUT2D eigenvalue weighted by Gasteiger charge is -2.39. The Hall–Kier alpha value is -1.97. The van der Waals surface area contributed by atoms with Gasteiger partial charge in [-0.05, 0) is 37.6 Å². The molecule has 0 aliphatic heterocycles. The molecule has 1 aromatic carbocycles. The van der Waals surface area contributed by atoms with Crippen molar-refractivity contribution in [1.82, 2.24) is 5.32 Å². The Morgan fingerprint density at radius 1 is 1.23 bits per heavy atom. The topological polar surface area (TPSA) is 80.3 Å². The van der Waals surface area contributed by atoms with Crippen LogP contribution in [-0.4, -0.2) is 30.1 Å². The summed E-state index contributed by atoms with van der Waals surface area (Å²) in [5.74, 6) is -2.49. The minimum Gasteiger partial charge on any atom is -0.351 e. The van der Waals surface area contributed by atoms with Crippen LogP contribution in [-0.2, 0) is 32.1 Å². The molecule has 0 bridgehead atoms. The maximum absolute atomic E-state index is 13.4. The third-order valence-electron chi connectivity index (χ3n) is 4.28. The third kappa shape index (κ3) is 3.60. The quantitative estimate of drug-likeness (QED) is 0.777. The van der Waals surface area contributed by atoms with E-state index < -0.39 is 68.5 Å². The molecule has 1 N–H and O–H groups in total. The number of hydrogen-bond acceptors (Lipinski definition) is 4. The van der Waals surface area contributed by atoms with Gasteiger partial charge in [-0.15, -0.1) is 0 Å². The van der Waals surface area contributed by atoms with Crippen LogP contribution in [0.2, 0.25) is 0 Å². The number of hydrogen-bond donors (Lipinski definition) is 1. The Morgan fingerprint density at radius 2 is 1.81 bits per heavy atom. The molecule has 1 fully saturated rings. The van der Waals surface area contributed by atoms with Crippen molar-refractivity contribution in [3.05, 3.63) is 35.1 Å². The molecule has 1 saturated carbocycles. The molecule has 1 aliphatic carbocycles. The number of Topliss-reactive ketones (excluding diaryl/α,β-unsaturated/α-hetero) is 1. The summed E-state index contributed by atoms with van der Waals surface area (Å²) >= 11 is 0. The van der Waals surface area contributed by atoms with Gasteiger partial charge < -0.3 is 5.32 Å². The molecule has 0 radical (unpaired) electrons. The predicted molar refractivity (Wildman–Crippen MR) is 84.3 cm³/mol. The number of rotatable bonds is 5. The van der Waals surface area contributed by atoms with Crippen LogP contribution in [0.3, 0.4) is 0 Å².